The maximum atomic E-state index is 12.1. The van der Waals surface area contributed by atoms with Crippen LogP contribution in [0, 0.1) is 5.92 Å². The summed E-state index contributed by atoms with van der Waals surface area (Å²) >= 11 is 0. The van der Waals surface area contributed by atoms with Crippen molar-refractivity contribution in [3.05, 3.63) is 29.6 Å². The minimum Gasteiger partial charge on any atom is -0.342 e. The van der Waals surface area contributed by atoms with Gasteiger partial charge in [-0.1, -0.05) is 6.07 Å². The van der Waals surface area contributed by atoms with Gasteiger partial charge in [-0.05, 0) is 50.2 Å². The van der Waals surface area contributed by atoms with Gasteiger partial charge in [0.25, 0.3) is 0 Å². The summed E-state index contributed by atoms with van der Waals surface area (Å²) in [6.45, 7) is 1.85. The molecule has 0 aromatic carbocycles. The number of likely N-dealkylation sites (tertiary alicyclic amines) is 1. The van der Waals surface area contributed by atoms with Crippen molar-refractivity contribution in [2.75, 3.05) is 13.1 Å². The Hall–Kier alpha value is -1.42. The first-order chi connectivity index (χ1) is 10.3. The predicted molar refractivity (Wildman–Crippen MR) is 80.8 cm³/mol. The fourth-order valence-corrected chi connectivity index (χ4v) is 3.71. The number of nitrogens with one attached hydrogen (secondary N) is 1. The van der Waals surface area contributed by atoms with Gasteiger partial charge in [-0.3, -0.25) is 9.78 Å². The monoisotopic (exact) mass is 285 g/mol. The van der Waals surface area contributed by atoms with Crippen molar-refractivity contribution in [1.82, 2.24) is 15.2 Å². The Balaban J connectivity index is 1.32. The molecule has 1 amide bonds. The van der Waals surface area contributed by atoms with Crippen LogP contribution in [-0.4, -0.2) is 34.9 Å². The number of pyridine rings is 1. The van der Waals surface area contributed by atoms with Crippen LogP contribution in [0.4, 0.5) is 0 Å². The molecule has 21 heavy (non-hydrogen) atoms. The summed E-state index contributed by atoms with van der Waals surface area (Å²) in [5.41, 5.74) is 2.64. The predicted octanol–water partition coefficient (Wildman–Crippen LogP) is 2.06. The van der Waals surface area contributed by atoms with Gasteiger partial charge in [0.1, 0.15) is 0 Å². The lowest BCUT2D eigenvalue weighted by atomic mass is 10.0. The molecule has 0 bridgehead atoms. The lowest BCUT2D eigenvalue weighted by molar-refractivity contribution is -0.133. The maximum Gasteiger partial charge on any atom is 0.225 e. The van der Waals surface area contributed by atoms with Gasteiger partial charge in [0.2, 0.25) is 5.91 Å². The molecule has 4 rings (SSSR count). The van der Waals surface area contributed by atoms with Crippen LogP contribution in [0.2, 0.25) is 0 Å². The van der Waals surface area contributed by atoms with Crippen LogP contribution >= 0.6 is 0 Å². The van der Waals surface area contributed by atoms with Crippen LogP contribution in [0.25, 0.3) is 0 Å². The number of carbonyl (C=O) groups excluding carboxylic acids is 1. The summed E-state index contributed by atoms with van der Waals surface area (Å²) in [6.07, 6.45) is 8.58. The third-order valence-electron chi connectivity index (χ3n) is 5.13. The zero-order valence-electron chi connectivity index (χ0n) is 12.4. The minimum atomic E-state index is 0.361. The van der Waals surface area contributed by atoms with Gasteiger partial charge in [-0.2, -0.15) is 0 Å². The van der Waals surface area contributed by atoms with Gasteiger partial charge in [-0.15, -0.1) is 0 Å². The standard InChI is InChI=1S/C17H23N3O/c21-17(13-3-4-13)20-10-7-14(8-11-20)19-15-6-5-12-2-1-9-18-16(12)15/h1-2,9,13-15,19H,3-8,10-11H2. The van der Waals surface area contributed by atoms with Crippen molar-refractivity contribution in [1.29, 1.82) is 0 Å². The number of fused-ring (bicyclic) bond motifs is 1. The Morgan fingerprint density at radius 2 is 2.00 bits per heavy atom. The quantitative estimate of drug-likeness (QED) is 0.924. The molecular formula is C17H23N3O. The lowest BCUT2D eigenvalue weighted by Crippen LogP contribution is -2.46. The zero-order valence-corrected chi connectivity index (χ0v) is 12.4. The second kappa shape index (κ2) is 5.41. The van der Waals surface area contributed by atoms with E-state index >= 15 is 0 Å². The lowest BCUT2D eigenvalue weighted by Gasteiger charge is -2.34. The van der Waals surface area contributed by atoms with Crippen LogP contribution in [0.1, 0.15) is 49.4 Å². The van der Waals surface area contributed by atoms with Crippen LogP contribution in [-0.2, 0) is 11.2 Å². The Labute approximate surface area is 125 Å². The molecule has 4 heteroatoms. The van der Waals surface area contributed by atoms with Crippen molar-refractivity contribution < 1.29 is 4.79 Å². The molecule has 1 N–H and O–H groups in total. The molecule has 4 nitrogen and oxygen atoms in total. The molecule has 1 aromatic heterocycles. The molecule has 1 saturated heterocycles. The summed E-state index contributed by atoms with van der Waals surface area (Å²) in [6, 6.07) is 5.17. The Kier molecular flexibility index (Phi) is 3.42. The average molecular weight is 285 g/mol. The molecule has 1 atom stereocenters. The van der Waals surface area contributed by atoms with E-state index in [0.717, 1.165) is 51.6 Å². The smallest absolute Gasteiger partial charge is 0.225 e. The van der Waals surface area contributed by atoms with E-state index in [1.165, 1.54) is 11.3 Å². The number of aromatic nitrogens is 1. The molecule has 1 aromatic rings. The second-order valence-corrected chi connectivity index (χ2v) is 6.68. The highest BCUT2D eigenvalue weighted by molar-refractivity contribution is 5.81. The normalized spacial score (nSPS) is 25.9. The Morgan fingerprint density at radius 3 is 2.76 bits per heavy atom. The number of amides is 1. The number of aryl methyl sites for hydroxylation is 1. The Morgan fingerprint density at radius 1 is 1.19 bits per heavy atom. The fraction of sp³-hybridized carbons (Fsp3) is 0.647. The largest absolute Gasteiger partial charge is 0.342 e. The summed E-state index contributed by atoms with van der Waals surface area (Å²) in [7, 11) is 0. The van der Waals surface area contributed by atoms with Gasteiger partial charge in [0.15, 0.2) is 0 Å². The van der Waals surface area contributed by atoms with Crippen molar-refractivity contribution in [2.24, 2.45) is 5.92 Å². The van der Waals surface area contributed by atoms with E-state index in [4.69, 9.17) is 0 Å². The third-order valence-corrected chi connectivity index (χ3v) is 5.13. The number of hydrogen-bond donors (Lipinski definition) is 1. The van der Waals surface area contributed by atoms with Gasteiger partial charge >= 0.3 is 0 Å². The average Bonchev–Trinajstić information content (AvgIpc) is 3.30. The molecule has 1 saturated carbocycles. The SMILES string of the molecule is O=C(C1CC1)N1CCC(NC2CCc3cccnc32)CC1. The highest BCUT2D eigenvalue weighted by atomic mass is 16.2. The first-order valence-corrected chi connectivity index (χ1v) is 8.30. The van der Waals surface area contributed by atoms with Crippen molar-refractivity contribution in [3.8, 4) is 0 Å². The summed E-state index contributed by atoms with van der Waals surface area (Å²) in [5, 5.41) is 3.78. The van der Waals surface area contributed by atoms with Crippen molar-refractivity contribution in [3.63, 3.8) is 0 Å². The minimum absolute atomic E-state index is 0.361. The van der Waals surface area contributed by atoms with Crippen molar-refractivity contribution in [2.45, 2.75) is 50.6 Å². The zero-order chi connectivity index (χ0) is 14.2. The first-order valence-electron chi connectivity index (χ1n) is 8.30. The second-order valence-electron chi connectivity index (χ2n) is 6.68. The van der Waals surface area contributed by atoms with Crippen LogP contribution in [0.5, 0.6) is 0 Å². The Bertz CT molecular complexity index is 533. The van der Waals surface area contributed by atoms with E-state index in [1.807, 2.05) is 12.3 Å². The molecule has 3 aliphatic rings. The number of piperidine rings is 1. The summed E-state index contributed by atoms with van der Waals surface area (Å²) in [5.74, 6) is 0.766. The third kappa shape index (κ3) is 2.69. The highest BCUT2D eigenvalue weighted by Gasteiger charge is 2.35. The number of hydrogen-bond acceptors (Lipinski definition) is 3. The van der Waals surface area contributed by atoms with Gasteiger partial charge < -0.3 is 10.2 Å². The molecule has 2 heterocycles. The summed E-state index contributed by atoms with van der Waals surface area (Å²) < 4.78 is 0. The topological polar surface area (TPSA) is 45.2 Å². The van der Waals surface area contributed by atoms with E-state index in [0.29, 0.717) is 23.9 Å². The van der Waals surface area contributed by atoms with Crippen LogP contribution < -0.4 is 5.32 Å². The van der Waals surface area contributed by atoms with Crippen molar-refractivity contribution >= 4 is 5.91 Å². The fourth-order valence-electron chi connectivity index (χ4n) is 3.71. The number of carbonyl (C=O) groups is 1. The van der Waals surface area contributed by atoms with Gasteiger partial charge in [0, 0.05) is 31.2 Å². The summed E-state index contributed by atoms with van der Waals surface area (Å²) in [4.78, 5) is 18.7. The number of nitrogens with zero attached hydrogens (tertiary/aromatic N) is 2. The molecule has 2 aliphatic carbocycles. The van der Waals surface area contributed by atoms with Crippen LogP contribution in [0.15, 0.2) is 18.3 Å². The maximum absolute atomic E-state index is 12.1. The molecule has 1 unspecified atom stereocenters. The van der Waals surface area contributed by atoms with E-state index in [2.05, 4.69) is 21.3 Å². The molecule has 0 spiro atoms. The molecule has 112 valence electrons. The molecule has 1 aliphatic heterocycles. The van der Waals surface area contributed by atoms with Gasteiger partial charge in [-0.25, -0.2) is 0 Å². The number of rotatable bonds is 3. The molecule has 0 radical (unpaired) electrons. The van der Waals surface area contributed by atoms with Crippen LogP contribution in [0.3, 0.4) is 0 Å². The highest BCUT2D eigenvalue weighted by Crippen LogP contribution is 2.33. The first kappa shape index (κ1) is 13.3. The van der Waals surface area contributed by atoms with E-state index < -0.39 is 0 Å². The van der Waals surface area contributed by atoms with E-state index in [-0.39, 0.29) is 0 Å². The molecule has 2 fully saturated rings. The van der Waals surface area contributed by atoms with Gasteiger partial charge in [0.05, 0.1) is 11.7 Å². The van der Waals surface area contributed by atoms with E-state index in [1.54, 1.807) is 0 Å². The molecular weight excluding hydrogens is 262 g/mol. The van der Waals surface area contributed by atoms with E-state index in [9.17, 15) is 4.79 Å².